The second-order valence-corrected chi connectivity index (χ2v) is 11.2. The van der Waals surface area contributed by atoms with Gasteiger partial charge in [-0.2, -0.15) is 0 Å². The Morgan fingerprint density at radius 2 is 1.93 bits per heavy atom. The van der Waals surface area contributed by atoms with Crippen LogP contribution in [0.5, 0.6) is 0 Å². The molecule has 6 rings (SSSR count). The van der Waals surface area contributed by atoms with Crippen molar-refractivity contribution in [1.82, 2.24) is 4.90 Å². The van der Waals surface area contributed by atoms with Crippen LogP contribution >= 0.6 is 0 Å². The Kier molecular flexibility index (Phi) is 4.00. The third kappa shape index (κ3) is 1.93. The third-order valence-electron chi connectivity index (χ3n) is 10.9. The first-order valence-electron chi connectivity index (χ1n) is 11.7. The van der Waals surface area contributed by atoms with Gasteiger partial charge in [0.15, 0.2) is 0 Å². The highest BCUT2D eigenvalue weighted by Gasteiger charge is 2.83. The van der Waals surface area contributed by atoms with Gasteiger partial charge in [-0.15, -0.1) is 0 Å². The monoisotopic (exact) mass is 407 g/mol. The van der Waals surface area contributed by atoms with E-state index in [4.69, 9.17) is 9.47 Å². The first-order valence-corrected chi connectivity index (χ1v) is 11.7. The van der Waals surface area contributed by atoms with Crippen LogP contribution in [-0.2, 0) is 9.47 Å². The van der Waals surface area contributed by atoms with Crippen molar-refractivity contribution in [2.45, 2.75) is 69.0 Å². The minimum atomic E-state index is -0.901. The van der Waals surface area contributed by atoms with Gasteiger partial charge in [-0.3, -0.25) is 4.90 Å². The largest absolute Gasteiger partial charge is 0.392 e. The quantitative estimate of drug-likeness (QED) is 0.642. The van der Waals surface area contributed by atoms with Crippen LogP contribution < -0.4 is 0 Å². The van der Waals surface area contributed by atoms with Gasteiger partial charge in [0.2, 0.25) is 0 Å². The number of hydrogen-bond acceptors (Lipinski definition) is 6. The van der Waals surface area contributed by atoms with E-state index in [2.05, 4.69) is 11.8 Å². The Bertz CT molecular complexity index is 705. The Balaban J connectivity index is 1.57. The molecule has 1 saturated heterocycles. The molecule has 0 unspecified atom stereocenters. The maximum Gasteiger partial charge on any atom is 0.0771 e. The zero-order valence-electron chi connectivity index (χ0n) is 18.0. The summed E-state index contributed by atoms with van der Waals surface area (Å²) in [5, 5.41) is 35.2. The summed E-state index contributed by atoms with van der Waals surface area (Å²) in [7, 11) is 3.52. The molecule has 6 fully saturated rings. The first kappa shape index (κ1) is 19.4. The summed E-state index contributed by atoms with van der Waals surface area (Å²) < 4.78 is 11.6. The molecule has 3 N–H and O–H groups in total. The van der Waals surface area contributed by atoms with E-state index in [1.807, 2.05) is 0 Å². The molecule has 0 aromatic heterocycles. The molecule has 0 aromatic rings. The Hall–Kier alpha value is -0.240. The van der Waals surface area contributed by atoms with Crippen LogP contribution in [0.25, 0.3) is 0 Å². The van der Waals surface area contributed by atoms with Crippen molar-refractivity contribution >= 4 is 0 Å². The lowest BCUT2D eigenvalue weighted by molar-refractivity contribution is -0.272. The van der Waals surface area contributed by atoms with Crippen LogP contribution in [0.2, 0.25) is 0 Å². The van der Waals surface area contributed by atoms with E-state index in [1.54, 1.807) is 14.2 Å². The van der Waals surface area contributed by atoms with Crippen LogP contribution in [-0.4, -0.2) is 84.1 Å². The molecule has 6 nitrogen and oxygen atoms in total. The van der Waals surface area contributed by atoms with Crippen molar-refractivity contribution in [3.63, 3.8) is 0 Å². The van der Waals surface area contributed by atoms with E-state index >= 15 is 0 Å². The van der Waals surface area contributed by atoms with Crippen LogP contribution in [0.15, 0.2) is 0 Å². The second-order valence-electron chi connectivity index (χ2n) is 11.2. The van der Waals surface area contributed by atoms with Crippen LogP contribution in [0.1, 0.15) is 39.0 Å². The fourth-order valence-electron chi connectivity index (χ4n) is 10.4. The summed E-state index contributed by atoms with van der Waals surface area (Å²) in [5.74, 6) is 0.553. The molecule has 7 bridgehead atoms. The molecule has 6 aliphatic rings. The van der Waals surface area contributed by atoms with Gasteiger partial charge in [0.1, 0.15) is 0 Å². The van der Waals surface area contributed by atoms with E-state index in [0.29, 0.717) is 12.3 Å². The number of aliphatic hydroxyl groups is 3. The predicted octanol–water partition coefficient (Wildman–Crippen LogP) is 0.877. The number of likely N-dealkylation sites (tertiary alicyclic amines) is 1. The van der Waals surface area contributed by atoms with Gasteiger partial charge in [0.05, 0.1) is 30.5 Å². The molecule has 0 radical (unpaired) electrons. The molecule has 1 heterocycles. The summed E-state index contributed by atoms with van der Waals surface area (Å²) in [6, 6.07) is 0.200. The minimum absolute atomic E-state index is 0.0495. The molecule has 12 atom stereocenters. The average Bonchev–Trinajstić information content (AvgIpc) is 3.13. The highest BCUT2D eigenvalue weighted by molar-refractivity contribution is 5.33. The van der Waals surface area contributed by atoms with Gasteiger partial charge < -0.3 is 24.8 Å². The normalized spacial score (nSPS) is 62.5. The Morgan fingerprint density at radius 1 is 1.14 bits per heavy atom. The fourth-order valence-corrected chi connectivity index (χ4v) is 10.4. The average molecular weight is 408 g/mol. The zero-order chi connectivity index (χ0) is 20.3. The van der Waals surface area contributed by atoms with E-state index in [1.165, 1.54) is 0 Å². The summed E-state index contributed by atoms with van der Waals surface area (Å²) in [5.41, 5.74) is -1.08. The minimum Gasteiger partial charge on any atom is -0.392 e. The standard InChI is InChI=1S/C23H37NO5/c1-4-24-10-21(11-28-2)6-5-17(25)23-13-7-12-15(29-3)9-22(27,18(13)19(12)26)14(20(23)24)8-16(21)23/h12-20,25-27H,4-11H2,1-3H3/t12-,13-,14+,15+,16-,17+,18-,19+,20-,21+,22+,23-/m1/s1. The maximum atomic E-state index is 12.2. The summed E-state index contributed by atoms with van der Waals surface area (Å²) in [6.45, 7) is 4.88. The lowest BCUT2D eigenvalue weighted by Crippen LogP contribution is -2.76. The molecule has 5 aliphatic carbocycles. The number of rotatable bonds is 4. The maximum absolute atomic E-state index is 12.2. The zero-order valence-corrected chi connectivity index (χ0v) is 18.0. The van der Waals surface area contributed by atoms with Crippen molar-refractivity contribution in [2.24, 2.45) is 40.4 Å². The van der Waals surface area contributed by atoms with Crippen molar-refractivity contribution in [1.29, 1.82) is 0 Å². The highest BCUT2D eigenvalue weighted by Crippen LogP contribution is 2.78. The topological polar surface area (TPSA) is 82.4 Å². The number of fused-ring (bicyclic) bond motifs is 2. The van der Waals surface area contributed by atoms with Gasteiger partial charge in [0.25, 0.3) is 0 Å². The molecule has 5 saturated carbocycles. The molecule has 0 aromatic carbocycles. The summed E-state index contributed by atoms with van der Waals surface area (Å²) >= 11 is 0. The summed E-state index contributed by atoms with van der Waals surface area (Å²) in [4.78, 5) is 2.57. The molecule has 6 heteroatoms. The summed E-state index contributed by atoms with van der Waals surface area (Å²) in [6.07, 6.45) is 3.27. The number of aliphatic hydroxyl groups excluding tert-OH is 2. The highest BCUT2D eigenvalue weighted by atomic mass is 16.5. The van der Waals surface area contributed by atoms with Crippen molar-refractivity contribution in [3.05, 3.63) is 0 Å². The van der Waals surface area contributed by atoms with E-state index in [9.17, 15) is 15.3 Å². The SMILES string of the molecule is CCN1C[C@]2(COC)CC[C@H](O)[C@@]34[C@@H]5C[C@H]6[C@H](O)[C@@H]5[C@](O)(C[C@@H]6OC)[C@@H](C[C@H]23)[C@@H]14. The van der Waals surface area contributed by atoms with Crippen molar-refractivity contribution in [3.8, 4) is 0 Å². The smallest absolute Gasteiger partial charge is 0.0771 e. The van der Waals surface area contributed by atoms with Crippen LogP contribution in [0.3, 0.4) is 0 Å². The van der Waals surface area contributed by atoms with E-state index in [-0.39, 0.29) is 52.8 Å². The third-order valence-corrected chi connectivity index (χ3v) is 10.9. The molecular weight excluding hydrogens is 370 g/mol. The molecule has 164 valence electrons. The second kappa shape index (κ2) is 5.96. The molecular formula is C23H37NO5. The number of piperidine rings is 1. The van der Waals surface area contributed by atoms with Gasteiger partial charge >= 0.3 is 0 Å². The van der Waals surface area contributed by atoms with Crippen molar-refractivity contribution < 1.29 is 24.8 Å². The number of ether oxygens (including phenoxy) is 2. The van der Waals surface area contributed by atoms with Crippen LogP contribution in [0.4, 0.5) is 0 Å². The van der Waals surface area contributed by atoms with Crippen LogP contribution in [0, 0.1) is 40.4 Å². The Morgan fingerprint density at radius 3 is 2.62 bits per heavy atom. The van der Waals surface area contributed by atoms with Gasteiger partial charge in [0, 0.05) is 61.8 Å². The molecule has 1 spiro atoms. The predicted molar refractivity (Wildman–Crippen MR) is 106 cm³/mol. The van der Waals surface area contributed by atoms with Gasteiger partial charge in [-0.25, -0.2) is 0 Å². The lowest BCUT2D eigenvalue weighted by atomic mass is 9.43. The number of methoxy groups -OCH3 is 2. The first-order chi connectivity index (χ1) is 13.9. The van der Waals surface area contributed by atoms with Gasteiger partial charge in [-0.05, 0) is 44.1 Å². The lowest BCUT2D eigenvalue weighted by Gasteiger charge is -2.69. The van der Waals surface area contributed by atoms with E-state index in [0.717, 1.165) is 45.4 Å². The molecule has 29 heavy (non-hydrogen) atoms. The van der Waals surface area contributed by atoms with Crippen molar-refractivity contribution in [2.75, 3.05) is 33.9 Å². The number of nitrogens with zero attached hydrogens (tertiary/aromatic N) is 1. The molecule has 1 aliphatic heterocycles. The van der Waals surface area contributed by atoms with Gasteiger partial charge in [-0.1, -0.05) is 6.92 Å². The fraction of sp³-hybridized carbons (Fsp3) is 1.00. The van der Waals surface area contributed by atoms with E-state index < -0.39 is 11.7 Å². The number of hydrogen-bond donors (Lipinski definition) is 3. The Labute approximate surface area is 173 Å². The molecule has 0 amide bonds.